The Kier molecular flexibility index (Phi) is 3.66. The fourth-order valence-corrected chi connectivity index (χ4v) is 3.57. The lowest BCUT2D eigenvalue weighted by atomic mass is 9.97. The van der Waals surface area contributed by atoms with Crippen molar-refractivity contribution >= 4 is 0 Å². The van der Waals surface area contributed by atoms with Gasteiger partial charge in [0.1, 0.15) is 0 Å². The van der Waals surface area contributed by atoms with E-state index in [0.29, 0.717) is 12.1 Å². The van der Waals surface area contributed by atoms with E-state index in [1.54, 1.807) is 0 Å². The van der Waals surface area contributed by atoms with E-state index in [1.807, 2.05) is 0 Å². The molecule has 2 N–H and O–H groups in total. The van der Waals surface area contributed by atoms with E-state index in [-0.39, 0.29) is 0 Å². The van der Waals surface area contributed by atoms with Crippen LogP contribution >= 0.6 is 0 Å². The Balaban J connectivity index is 1.51. The van der Waals surface area contributed by atoms with Gasteiger partial charge in [-0.05, 0) is 44.8 Å². The van der Waals surface area contributed by atoms with E-state index >= 15 is 0 Å². The first-order valence-corrected chi connectivity index (χ1v) is 7.12. The lowest BCUT2D eigenvalue weighted by Crippen LogP contribution is -2.47. The molecule has 0 aliphatic carbocycles. The van der Waals surface area contributed by atoms with Crippen LogP contribution in [0.15, 0.2) is 0 Å². The van der Waals surface area contributed by atoms with E-state index in [9.17, 15) is 0 Å². The third-order valence-corrected chi connectivity index (χ3v) is 4.74. The highest BCUT2D eigenvalue weighted by Gasteiger charge is 2.37. The normalized spacial score (nSPS) is 37.2. The van der Waals surface area contributed by atoms with Crippen molar-refractivity contribution in [2.24, 2.45) is 11.7 Å². The molecule has 3 aliphatic rings. The van der Waals surface area contributed by atoms with Crippen molar-refractivity contribution < 1.29 is 4.74 Å². The third-order valence-electron chi connectivity index (χ3n) is 4.74. The molecule has 3 heterocycles. The second-order valence-electron chi connectivity index (χ2n) is 5.87. The van der Waals surface area contributed by atoms with Crippen LogP contribution in [-0.2, 0) is 4.74 Å². The quantitative estimate of drug-likeness (QED) is 0.744. The first-order chi connectivity index (χ1) is 8.33. The van der Waals surface area contributed by atoms with Gasteiger partial charge in [0, 0.05) is 25.2 Å². The van der Waals surface area contributed by atoms with Gasteiger partial charge in [-0.2, -0.15) is 0 Å². The van der Waals surface area contributed by atoms with Gasteiger partial charge in [0.25, 0.3) is 0 Å². The molecule has 17 heavy (non-hydrogen) atoms. The number of hydrogen-bond donors (Lipinski definition) is 1. The predicted octanol–water partition coefficient (Wildman–Crippen LogP) is 0.130. The van der Waals surface area contributed by atoms with Gasteiger partial charge in [0.15, 0.2) is 0 Å². The number of likely N-dealkylation sites (tertiary alicyclic amines) is 1. The van der Waals surface area contributed by atoms with E-state index in [1.165, 1.54) is 45.4 Å². The van der Waals surface area contributed by atoms with Gasteiger partial charge < -0.3 is 15.4 Å². The molecular weight excluding hydrogens is 214 g/mol. The molecule has 3 fully saturated rings. The molecule has 2 atom stereocenters. The molecule has 0 saturated carbocycles. The summed E-state index contributed by atoms with van der Waals surface area (Å²) < 4.78 is 5.64. The molecule has 0 radical (unpaired) electrons. The summed E-state index contributed by atoms with van der Waals surface area (Å²) in [4.78, 5) is 5.25. The lowest BCUT2D eigenvalue weighted by molar-refractivity contribution is -0.00438. The van der Waals surface area contributed by atoms with Crippen LogP contribution in [-0.4, -0.2) is 67.8 Å². The van der Waals surface area contributed by atoms with Crippen molar-refractivity contribution in [2.75, 3.05) is 45.9 Å². The topological polar surface area (TPSA) is 41.7 Å². The van der Waals surface area contributed by atoms with Crippen LogP contribution in [0, 0.1) is 5.92 Å². The Labute approximate surface area is 104 Å². The fraction of sp³-hybridized carbons (Fsp3) is 1.00. The van der Waals surface area contributed by atoms with E-state index < -0.39 is 0 Å². The van der Waals surface area contributed by atoms with Crippen LogP contribution < -0.4 is 5.73 Å². The number of nitrogens with zero attached hydrogens (tertiary/aromatic N) is 2. The first-order valence-electron chi connectivity index (χ1n) is 7.12. The largest absolute Gasteiger partial charge is 0.378 e. The molecule has 3 aliphatic heterocycles. The lowest BCUT2D eigenvalue weighted by Gasteiger charge is -2.36. The molecule has 3 saturated heterocycles. The summed E-state index contributed by atoms with van der Waals surface area (Å²) in [5, 5.41) is 0. The van der Waals surface area contributed by atoms with Crippen molar-refractivity contribution in [3.8, 4) is 0 Å². The van der Waals surface area contributed by atoms with Gasteiger partial charge >= 0.3 is 0 Å². The second-order valence-corrected chi connectivity index (χ2v) is 5.87. The highest BCUT2D eigenvalue weighted by atomic mass is 16.5. The van der Waals surface area contributed by atoms with Gasteiger partial charge in [-0.3, -0.25) is 4.90 Å². The molecule has 0 aromatic carbocycles. The van der Waals surface area contributed by atoms with Crippen LogP contribution in [0.5, 0.6) is 0 Å². The molecule has 98 valence electrons. The Bertz CT molecular complexity index is 253. The molecular formula is C13H25N3O. The Morgan fingerprint density at radius 2 is 1.88 bits per heavy atom. The number of rotatable bonds is 2. The average Bonchev–Trinajstić information content (AvgIpc) is 2.76. The van der Waals surface area contributed by atoms with Crippen molar-refractivity contribution in [1.29, 1.82) is 0 Å². The number of piperidine rings is 1. The summed E-state index contributed by atoms with van der Waals surface area (Å²) >= 11 is 0. The van der Waals surface area contributed by atoms with Gasteiger partial charge in [0.05, 0.1) is 13.2 Å². The minimum atomic E-state index is 0.448. The molecule has 4 nitrogen and oxygen atoms in total. The van der Waals surface area contributed by atoms with E-state index in [4.69, 9.17) is 10.5 Å². The average molecular weight is 239 g/mol. The Morgan fingerprint density at radius 1 is 1.06 bits per heavy atom. The second kappa shape index (κ2) is 5.22. The Hall–Kier alpha value is -0.160. The maximum absolute atomic E-state index is 5.96. The minimum Gasteiger partial charge on any atom is -0.378 e. The zero-order chi connectivity index (χ0) is 11.7. The Morgan fingerprint density at radius 3 is 2.71 bits per heavy atom. The SMILES string of the molecule is NC1CCN(C[C@@H]2CCN3CCOC[C@H]23)CC1. The number of hydrogen-bond acceptors (Lipinski definition) is 4. The summed E-state index contributed by atoms with van der Waals surface area (Å²) in [5.41, 5.74) is 5.96. The van der Waals surface area contributed by atoms with Gasteiger partial charge in [0.2, 0.25) is 0 Å². The monoisotopic (exact) mass is 239 g/mol. The third kappa shape index (κ3) is 2.65. The van der Waals surface area contributed by atoms with Gasteiger partial charge in [-0.15, -0.1) is 0 Å². The molecule has 3 rings (SSSR count). The zero-order valence-electron chi connectivity index (χ0n) is 10.7. The summed E-state index contributed by atoms with van der Waals surface area (Å²) in [6.45, 7) is 7.98. The maximum atomic E-state index is 5.96. The molecule has 0 unspecified atom stereocenters. The van der Waals surface area contributed by atoms with Crippen LogP contribution in [0.4, 0.5) is 0 Å². The van der Waals surface area contributed by atoms with Crippen LogP contribution in [0.2, 0.25) is 0 Å². The van der Waals surface area contributed by atoms with E-state index in [0.717, 1.165) is 25.7 Å². The predicted molar refractivity (Wildman–Crippen MR) is 67.9 cm³/mol. The summed E-state index contributed by atoms with van der Waals surface area (Å²) in [7, 11) is 0. The van der Waals surface area contributed by atoms with Crippen LogP contribution in [0.25, 0.3) is 0 Å². The molecule has 4 heteroatoms. The van der Waals surface area contributed by atoms with Crippen molar-refractivity contribution in [3.05, 3.63) is 0 Å². The summed E-state index contributed by atoms with van der Waals surface area (Å²) in [6.07, 6.45) is 3.71. The molecule has 0 bridgehead atoms. The molecule has 0 aromatic rings. The van der Waals surface area contributed by atoms with Gasteiger partial charge in [-0.1, -0.05) is 0 Å². The van der Waals surface area contributed by atoms with Crippen LogP contribution in [0.1, 0.15) is 19.3 Å². The number of fused-ring (bicyclic) bond motifs is 1. The fourth-order valence-electron chi connectivity index (χ4n) is 3.57. The van der Waals surface area contributed by atoms with Crippen LogP contribution in [0.3, 0.4) is 0 Å². The zero-order valence-corrected chi connectivity index (χ0v) is 10.7. The molecule has 0 aromatic heterocycles. The number of ether oxygens (including phenoxy) is 1. The van der Waals surface area contributed by atoms with E-state index in [2.05, 4.69) is 9.80 Å². The number of morpholine rings is 1. The van der Waals surface area contributed by atoms with Gasteiger partial charge in [-0.25, -0.2) is 0 Å². The highest BCUT2D eigenvalue weighted by molar-refractivity contribution is 4.91. The standard InChI is InChI=1S/C13H25N3O/c14-12-2-4-15(5-3-12)9-11-1-6-16-7-8-17-10-13(11)16/h11-13H,1-10,14H2/t11-,13+/m0/s1. The minimum absolute atomic E-state index is 0.448. The first kappa shape index (κ1) is 11.9. The summed E-state index contributed by atoms with van der Waals surface area (Å²) in [5.74, 6) is 0.824. The molecule has 0 spiro atoms. The van der Waals surface area contributed by atoms with Crippen molar-refractivity contribution in [3.63, 3.8) is 0 Å². The van der Waals surface area contributed by atoms with Crippen molar-refractivity contribution in [1.82, 2.24) is 9.80 Å². The number of nitrogens with two attached hydrogens (primary N) is 1. The maximum Gasteiger partial charge on any atom is 0.0625 e. The van der Waals surface area contributed by atoms with Crippen molar-refractivity contribution in [2.45, 2.75) is 31.3 Å². The summed E-state index contributed by atoms with van der Waals surface area (Å²) in [6, 6.07) is 1.14. The molecule has 0 amide bonds. The smallest absolute Gasteiger partial charge is 0.0625 e. The highest BCUT2D eigenvalue weighted by Crippen LogP contribution is 2.28.